The lowest BCUT2D eigenvalue weighted by molar-refractivity contribution is -0.115. The molecular formula is C19H22N4OS. The fourth-order valence-corrected chi connectivity index (χ4v) is 4.63. The van der Waals surface area contributed by atoms with Crippen LogP contribution in [0.1, 0.15) is 48.6 Å². The van der Waals surface area contributed by atoms with Gasteiger partial charge in [-0.3, -0.25) is 4.79 Å². The Morgan fingerprint density at radius 3 is 2.88 bits per heavy atom. The second-order valence-electron chi connectivity index (χ2n) is 6.79. The number of aryl methyl sites for hydroxylation is 1. The Bertz CT molecular complexity index is 892. The van der Waals surface area contributed by atoms with Crippen molar-refractivity contribution in [2.24, 2.45) is 7.05 Å². The van der Waals surface area contributed by atoms with Gasteiger partial charge in [-0.25, -0.2) is 0 Å². The molecule has 4 rings (SSSR count). The van der Waals surface area contributed by atoms with E-state index in [1.807, 2.05) is 25.4 Å². The summed E-state index contributed by atoms with van der Waals surface area (Å²) in [6, 6.07) is 8.15. The molecule has 1 aromatic carbocycles. The zero-order chi connectivity index (χ0) is 17.2. The number of benzene rings is 1. The Morgan fingerprint density at radius 2 is 2.04 bits per heavy atom. The Labute approximate surface area is 151 Å². The number of fused-ring (bicyclic) bond motifs is 1. The van der Waals surface area contributed by atoms with Gasteiger partial charge in [-0.15, -0.1) is 10.2 Å². The standard InChI is InChI=1S/C19H22N4OS/c1-23-12-14(15-9-5-6-10-16(15)23)11-17(24)20-19-22-21-18(25-19)13-7-3-2-4-8-13/h5-6,9-10,12-13H,2-4,7-8,11H2,1H3,(H,20,22,24). The SMILES string of the molecule is Cn1cc(CC(=O)Nc2nnc(C3CCCCC3)s2)c2ccccc21. The predicted octanol–water partition coefficient (Wildman–Crippen LogP) is 4.26. The molecule has 3 aromatic rings. The molecule has 1 amide bonds. The van der Waals surface area contributed by atoms with Crippen LogP contribution in [0, 0.1) is 0 Å². The molecule has 6 heteroatoms. The van der Waals surface area contributed by atoms with Gasteiger partial charge >= 0.3 is 0 Å². The van der Waals surface area contributed by atoms with Crippen LogP contribution in [-0.2, 0) is 18.3 Å². The zero-order valence-electron chi connectivity index (χ0n) is 14.4. The van der Waals surface area contributed by atoms with E-state index >= 15 is 0 Å². The van der Waals surface area contributed by atoms with Crippen molar-refractivity contribution >= 4 is 33.3 Å². The second-order valence-corrected chi connectivity index (χ2v) is 7.80. The van der Waals surface area contributed by atoms with Crippen molar-refractivity contribution in [1.29, 1.82) is 0 Å². The quantitative estimate of drug-likeness (QED) is 0.761. The van der Waals surface area contributed by atoms with Gasteiger partial charge in [0.25, 0.3) is 0 Å². The van der Waals surface area contributed by atoms with E-state index in [4.69, 9.17) is 0 Å². The molecule has 0 saturated heterocycles. The Hall–Kier alpha value is -2.21. The Morgan fingerprint density at radius 1 is 1.24 bits per heavy atom. The van der Waals surface area contributed by atoms with Crippen molar-refractivity contribution < 1.29 is 4.79 Å². The molecule has 0 aliphatic heterocycles. The third-order valence-electron chi connectivity index (χ3n) is 4.97. The van der Waals surface area contributed by atoms with E-state index in [1.54, 1.807) is 0 Å². The Balaban J connectivity index is 1.44. The monoisotopic (exact) mass is 354 g/mol. The number of rotatable bonds is 4. The van der Waals surface area contributed by atoms with Crippen molar-refractivity contribution in [2.45, 2.75) is 44.4 Å². The lowest BCUT2D eigenvalue weighted by atomic mass is 9.90. The molecule has 1 N–H and O–H groups in total. The number of carbonyl (C=O) groups is 1. The number of nitrogens with zero attached hydrogens (tertiary/aromatic N) is 3. The maximum atomic E-state index is 12.4. The molecule has 0 radical (unpaired) electrons. The Kier molecular flexibility index (Phi) is 4.53. The number of para-hydroxylation sites is 1. The minimum atomic E-state index is -0.0392. The smallest absolute Gasteiger partial charge is 0.230 e. The topological polar surface area (TPSA) is 59.8 Å². The number of carbonyl (C=O) groups excluding carboxylic acids is 1. The number of hydrogen-bond acceptors (Lipinski definition) is 4. The van der Waals surface area contributed by atoms with Gasteiger partial charge in [-0.1, -0.05) is 48.8 Å². The summed E-state index contributed by atoms with van der Waals surface area (Å²) >= 11 is 1.53. The molecule has 2 heterocycles. The molecule has 25 heavy (non-hydrogen) atoms. The first-order valence-corrected chi connectivity index (χ1v) is 9.68. The van der Waals surface area contributed by atoms with Crippen molar-refractivity contribution in [3.8, 4) is 0 Å². The van der Waals surface area contributed by atoms with Gasteiger partial charge in [0.05, 0.1) is 6.42 Å². The van der Waals surface area contributed by atoms with E-state index < -0.39 is 0 Å². The lowest BCUT2D eigenvalue weighted by Crippen LogP contribution is -2.14. The van der Waals surface area contributed by atoms with E-state index in [-0.39, 0.29) is 5.91 Å². The molecule has 1 saturated carbocycles. The van der Waals surface area contributed by atoms with E-state index in [2.05, 4.69) is 32.2 Å². The van der Waals surface area contributed by atoms with Crippen molar-refractivity contribution in [1.82, 2.24) is 14.8 Å². The zero-order valence-corrected chi connectivity index (χ0v) is 15.2. The summed E-state index contributed by atoms with van der Waals surface area (Å²) in [5, 5.41) is 14.2. The van der Waals surface area contributed by atoms with Crippen LogP contribution in [0.2, 0.25) is 0 Å². The summed E-state index contributed by atoms with van der Waals surface area (Å²) in [7, 11) is 2.00. The van der Waals surface area contributed by atoms with Crippen molar-refractivity contribution in [2.75, 3.05) is 5.32 Å². The number of anilines is 1. The van der Waals surface area contributed by atoms with Gasteiger partial charge in [0.15, 0.2) is 0 Å². The first kappa shape index (κ1) is 16.3. The van der Waals surface area contributed by atoms with Gasteiger partial charge < -0.3 is 9.88 Å². The minimum absolute atomic E-state index is 0.0392. The molecule has 2 aromatic heterocycles. The maximum absolute atomic E-state index is 12.4. The van der Waals surface area contributed by atoms with Crippen LogP contribution in [-0.4, -0.2) is 20.7 Å². The van der Waals surface area contributed by atoms with Gasteiger partial charge in [-0.2, -0.15) is 0 Å². The van der Waals surface area contributed by atoms with Gasteiger partial charge in [0.2, 0.25) is 11.0 Å². The van der Waals surface area contributed by atoms with Crippen LogP contribution in [0.3, 0.4) is 0 Å². The fourth-order valence-electron chi connectivity index (χ4n) is 3.70. The fraction of sp³-hybridized carbons (Fsp3) is 0.421. The summed E-state index contributed by atoms with van der Waals surface area (Å²) in [6.45, 7) is 0. The third-order valence-corrected chi connectivity index (χ3v) is 5.97. The molecule has 0 bridgehead atoms. The van der Waals surface area contributed by atoms with Crippen LogP contribution in [0.4, 0.5) is 5.13 Å². The molecule has 0 unspecified atom stereocenters. The summed E-state index contributed by atoms with van der Waals surface area (Å²) in [5.74, 6) is 0.484. The normalized spacial score (nSPS) is 15.6. The average Bonchev–Trinajstić information content (AvgIpc) is 3.21. The largest absolute Gasteiger partial charge is 0.350 e. The van der Waals surface area contributed by atoms with Crippen LogP contribution in [0.25, 0.3) is 10.9 Å². The summed E-state index contributed by atoms with van der Waals surface area (Å²) in [4.78, 5) is 12.4. The molecule has 0 atom stereocenters. The van der Waals surface area contributed by atoms with Crippen LogP contribution >= 0.6 is 11.3 Å². The third kappa shape index (κ3) is 3.44. The lowest BCUT2D eigenvalue weighted by Gasteiger charge is -2.18. The van der Waals surface area contributed by atoms with Crippen molar-refractivity contribution in [3.05, 3.63) is 41.0 Å². The number of amides is 1. The predicted molar refractivity (Wildman–Crippen MR) is 101 cm³/mol. The maximum Gasteiger partial charge on any atom is 0.230 e. The summed E-state index contributed by atoms with van der Waals surface area (Å²) in [5.41, 5.74) is 2.17. The van der Waals surface area contributed by atoms with Crippen LogP contribution in [0.15, 0.2) is 30.5 Å². The second kappa shape index (κ2) is 6.96. The molecular weight excluding hydrogens is 332 g/mol. The van der Waals surface area contributed by atoms with E-state index in [9.17, 15) is 4.79 Å². The summed E-state index contributed by atoms with van der Waals surface area (Å²) < 4.78 is 2.06. The van der Waals surface area contributed by atoms with Gasteiger partial charge in [0, 0.05) is 30.1 Å². The van der Waals surface area contributed by atoms with E-state index in [0.29, 0.717) is 17.5 Å². The van der Waals surface area contributed by atoms with Gasteiger partial charge in [-0.05, 0) is 24.5 Å². The van der Waals surface area contributed by atoms with Crippen LogP contribution < -0.4 is 5.32 Å². The molecule has 5 nitrogen and oxygen atoms in total. The molecule has 130 valence electrons. The highest BCUT2D eigenvalue weighted by Crippen LogP contribution is 2.35. The number of hydrogen-bond donors (Lipinski definition) is 1. The molecule has 1 aliphatic carbocycles. The number of nitrogens with one attached hydrogen (secondary N) is 1. The minimum Gasteiger partial charge on any atom is -0.350 e. The van der Waals surface area contributed by atoms with Crippen LogP contribution in [0.5, 0.6) is 0 Å². The summed E-state index contributed by atoms with van der Waals surface area (Å²) in [6.07, 6.45) is 8.62. The molecule has 1 aliphatic rings. The highest BCUT2D eigenvalue weighted by atomic mass is 32.1. The number of aromatic nitrogens is 3. The molecule has 0 spiro atoms. The van der Waals surface area contributed by atoms with Gasteiger partial charge in [0.1, 0.15) is 5.01 Å². The highest BCUT2D eigenvalue weighted by molar-refractivity contribution is 7.15. The van der Waals surface area contributed by atoms with E-state index in [1.165, 1.54) is 43.4 Å². The highest BCUT2D eigenvalue weighted by Gasteiger charge is 2.20. The molecule has 1 fully saturated rings. The first-order valence-electron chi connectivity index (χ1n) is 8.87. The van der Waals surface area contributed by atoms with Crippen molar-refractivity contribution in [3.63, 3.8) is 0 Å². The van der Waals surface area contributed by atoms with E-state index in [0.717, 1.165) is 21.5 Å². The first-order chi connectivity index (χ1) is 12.2. The average molecular weight is 354 g/mol.